The van der Waals surface area contributed by atoms with Crippen molar-refractivity contribution in [3.05, 3.63) is 62.3 Å². The zero-order chi connectivity index (χ0) is 13.8. The maximum absolute atomic E-state index is 11.9. The molecular formula is C13H9BrCl2N2O. The lowest BCUT2D eigenvalue weighted by Gasteiger charge is -2.08. The lowest BCUT2D eigenvalue weighted by molar-refractivity contribution is 0.0950. The summed E-state index contributed by atoms with van der Waals surface area (Å²) < 4.78 is 0.892. The summed E-state index contributed by atoms with van der Waals surface area (Å²) in [5, 5.41) is 3.53. The fourth-order valence-electron chi connectivity index (χ4n) is 1.49. The number of aromatic nitrogens is 1. The maximum Gasteiger partial charge on any atom is 0.254 e. The quantitative estimate of drug-likeness (QED) is 0.839. The molecule has 1 aromatic carbocycles. The number of nitrogens with one attached hydrogen (secondary N) is 1. The van der Waals surface area contributed by atoms with E-state index in [9.17, 15) is 4.79 Å². The third-order valence-electron chi connectivity index (χ3n) is 2.46. The highest BCUT2D eigenvalue weighted by Gasteiger charge is 2.10. The van der Waals surface area contributed by atoms with Gasteiger partial charge in [-0.25, -0.2) is 4.98 Å². The van der Waals surface area contributed by atoms with E-state index in [4.69, 9.17) is 23.2 Å². The highest BCUT2D eigenvalue weighted by Crippen LogP contribution is 2.21. The van der Waals surface area contributed by atoms with Crippen LogP contribution in [0.25, 0.3) is 0 Å². The predicted octanol–water partition coefficient (Wildman–Crippen LogP) is 4.08. The Kier molecular flexibility index (Phi) is 4.80. The summed E-state index contributed by atoms with van der Waals surface area (Å²) in [7, 11) is 0. The van der Waals surface area contributed by atoms with Gasteiger partial charge in [-0.2, -0.15) is 0 Å². The van der Waals surface area contributed by atoms with Crippen LogP contribution in [-0.4, -0.2) is 10.9 Å². The molecule has 0 fully saturated rings. The summed E-state index contributed by atoms with van der Waals surface area (Å²) in [6.07, 6.45) is 1.53. The van der Waals surface area contributed by atoms with Gasteiger partial charge in [-0.1, -0.05) is 45.2 Å². The number of pyridine rings is 1. The minimum absolute atomic E-state index is 0.182. The van der Waals surface area contributed by atoms with E-state index in [-0.39, 0.29) is 11.1 Å². The van der Waals surface area contributed by atoms with Gasteiger partial charge in [0.25, 0.3) is 5.91 Å². The van der Waals surface area contributed by atoms with E-state index in [1.54, 1.807) is 18.2 Å². The van der Waals surface area contributed by atoms with Crippen molar-refractivity contribution >= 4 is 45.0 Å². The van der Waals surface area contributed by atoms with Gasteiger partial charge in [0.2, 0.25) is 0 Å². The highest BCUT2D eigenvalue weighted by molar-refractivity contribution is 9.10. The van der Waals surface area contributed by atoms with Gasteiger partial charge in [-0.05, 0) is 29.8 Å². The first kappa shape index (κ1) is 14.3. The molecule has 1 aromatic heterocycles. The summed E-state index contributed by atoms with van der Waals surface area (Å²) in [6.45, 7) is 0.330. The molecule has 0 radical (unpaired) electrons. The number of benzene rings is 1. The van der Waals surface area contributed by atoms with Crippen LogP contribution < -0.4 is 5.32 Å². The van der Waals surface area contributed by atoms with Crippen molar-refractivity contribution in [1.29, 1.82) is 0 Å². The number of hydrogen-bond donors (Lipinski definition) is 1. The van der Waals surface area contributed by atoms with Gasteiger partial charge in [-0.15, -0.1) is 0 Å². The van der Waals surface area contributed by atoms with E-state index in [0.29, 0.717) is 17.1 Å². The molecule has 2 aromatic rings. The van der Waals surface area contributed by atoms with E-state index in [2.05, 4.69) is 26.2 Å². The SMILES string of the molecule is O=C(NCc1ccc(Br)cc1Cl)c1cccnc1Cl. The zero-order valence-corrected chi connectivity index (χ0v) is 12.8. The Bertz CT molecular complexity index is 619. The van der Waals surface area contributed by atoms with Crippen LogP contribution in [0.2, 0.25) is 10.2 Å². The van der Waals surface area contributed by atoms with Gasteiger partial charge in [0.05, 0.1) is 5.56 Å². The number of amides is 1. The smallest absolute Gasteiger partial charge is 0.254 e. The molecule has 1 N–H and O–H groups in total. The molecule has 0 atom stereocenters. The zero-order valence-electron chi connectivity index (χ0n) is 9.66. The summed E-state index contributed by atoms with van der Waals surface area (Å²) in [6, 6.07) is 8.77. The van der Waals surface area contributed by atoms with Crippen LogP contribution in [-0.2, 0) is 6.54 Å². The first-order chi connectivity index (χ1) is 9.08. The molecule has 19 heavy (non-hydrogen) atoms. The number of hydrogen-bond acceptors (Lipinski definition) is 2. The monoisotopic (exact) mass is 358 g/mol. The summed E-state index contributed by atoms with van der Waals surface area (Å²) in [4.78, 5) is 15.8. The van der Waals surface area contributed by atoms with E-state index in [0.717, 1.165) is 10.0 Å². The Morgan fingerprint density at radius 3 is 2.79 bits per heavy atom. The van der Waals surface area contributed by atoms with E-state index in [1.165, 1.54) is 6.20 Å². The largest absolute Gasteiger partial charge is 0.348 e. The average molecular weight is 360 g/mol. The van der Waals surface area contributed by atoms with Crippen LogP contribution in [0, 0.1) is 0 Å². The van der Waals surface area contributed by atoms with E-state index in [1.807, 2.05) is 12.1 Å². The van der Waals surface area contributed by atoms with Crippen LogP contribution in [0.1, 0.15) is 15.9 Å². The predicted molar refractivity (Wildman–Crippen MR) is 79.6 cm³/mol. The fourth-order valence-corrected chi connectivity index (χ4v) is 2.44. The van der Waals surface area contributed by atoms with Crippen molar-refractivity contribution in [3.8, 4) is 0 Å². The van der Waals surface area contributed by atoms with Gasteiger partial charge in [0.1, 0.15) is 5.15 Å². The third-order valence-corrected chi connectivity index (χ3v) is 3.60. The molecule has 98 valence electrons. The molecule has 0 spiro atoms. The Balaban J connectivity index is 2.07. The summed E-state index contributed by atoms with van der Waals surface area (Å²) in [5.74, 6) is -0.280. The second kappa shape index (κ2) is 6.37. The molecular weight excluding hydrogens is 351 g/mol. The molecule has 0 bridgehead atoms. The van der Waals surface area contributed by atoms with E-state index < -0.39 is 0 Å². The molecule has 6 heteroatoms. The maximum atomic E-state index is 11.9. The third kappa shape index (κ3) is 3.69. The molecule has 1 heterocycles. The number of carbonyl (C=O) groups excluding carboxylic acids is 1. The number of nitrogens with zero attached hydrogens (tertiary/aromatic N) is 1. The lowest BCUT2D eigenvalue weighted by atomic mass is 10.2. The Morgan fingerprint density at radius 2 is 2.11 bits per heavy atom. The molecule has 0 aliphatic rings. The first-order valence-electron chi connectivity index (χ1n) is 5.40. The molecule has 0 saturated carbocycles. The first-order valence-corrected chi connectivity index (χ1v) is 6.95. The van der Waals surface area contributed by atoms with Crippen LogP contribution in [0.4, 0.5) is 0 Å². The van der Waals surface area contributed by atoms with Crippen molar-refractivity contribution in [2.45, 2.75) is 6.54 Å². The molecule has 0 unspecified atom stereocenters. The van der Waals surface area contributed by atoms with Crippen molar-refractivity contribution in [2.24, 2.45) is 0 Å². The number of carbonyl (C=O) groups is 1. The second-order valence-corrected chi connectivity index (χ2v) is 5.44. The summed E-state index contributed by atoms with van der Waals surface area (Å²) in [5.41, 5.74) is 1.18. The van der Waals surface area contributed by atoms with Crippen molar-refractivity contribution in [2.75, 3.05) is 0 Å². The molecule has 1 amide bonds. The van der Waals surface area contributed by atoms with Crippen molar-refractivity contribution in [1.82, 2.24) is 10.3 Å². The second-order valence-electron chi connectivity index (χ2n) is 3.76. The van der Waals surface area contributed by atoms with Crippen LogP contribution in [0.5, 0.6) is 0 Å². The topological polar surface area (TPSA) is 42.0 Å². The normalized spacial score (nSPS) is 10.3. The number of halogens is 3. The Hall–Kier alpha value is -1.10. The van der Waals surface area contributed by atoms with Gasteiger partial charge in [0.15, 0.2) is 0 Å². The van der Waals surface area contributed by atoms with Gasteiger partial charge >= 0.3 is 0 Å². The lowest BCUT2D eigenvalue weighted by Crippen LogP contribution is -2.23. The minimum Gasteiger partial charge on any atom is -0.348 e. The van der Waals surface area contributed by atoms with Gasteiger partial charge in [0, 0.05) is 22.2 Å². The summed E-state index contributed by atoms with van der Waals surface area (Å²) >= 11 is 15.2. The van der Waals surface area contributed by atoms with E-state index >= 15 is 0 Å². The molecule has 2 rings (SSSR count). The van der Waals surface area contributed by atoms with Crippen LogP contribution >= 0.6 is 39.1 Å². The fraction of sp³-hybridized carbons (Fsp3) is 0.0769. The van der Waals surface area contributed by atoms with Crippen molar-refractivity contribution in [3.63, 3.8) is 0 Å². The Morgan fingerprint density at radius 1 is 1.32 bits per heavy atom. The standard InChI is InChI=1S/C13H9BrCl2N2O/c14-9-4-3-8(11(15)6-9)7-18-13(19)10-2-1-5-17-12(10)16/h1-6H,7H2,(H,18,19). The highest BCUT2D eigenvalue weighted by atomic mass is 79.9. The molecule has 3 nitrogen and oxygen atoms in total. The van der Waals surface area contributed by atoms with Gasteiger partial charge in [-0.3, -0.25) is 4.79 Å². The van der Waals surface area contributed by atoms with Crippen LogP contribution in [0.15, 0.2) is 41.0 Å². The average Bonchev–Trinajstić information content (AvgIpc) is 2.38. The Labute approximate surface area is 129 Å². The van der Waals surface area contributed by atoms with Gasteiger partial charge < -0.3 is 5.32 Å². The molecule has 0 aliphatic carbocycles. The number of rotatable bonds is 3. The minimum atomic E-state index is -0.280. The van der Waals surface area contributed by atoms with Crippen molar-refractivity contribution < 1.29 is 4.79 Å². The van der Waals surface area contributed by atoms with Crippen LogP contribution in [0.3, 0.4) is 0 Å². The molecule has 0 saturated heterocycles. The molecule has 0 aliphatic heterocycles.